The van der Waals surface area contributed by atoms with Crippen molar-refractivity contribution in [3.05, 3.63) is 48.0 Å². The van der Waals surface area contributed by atoms with E-state index in [2.05, 4.69) is 11.4 Å². The van der Waals surface area contributed by atoms with Gasteiger partial charge in [-0.2, -0.15) is 5.26 Å². The number of nitrogens with one attached hydrogen (secondary N) is 1. The molecule has 3 N–H and O–H groups in total. The highest BCUT2D eigenvalue weighted by molar-refractivity contribution is 5.76. The van der Waals surface area contributed by atoms with E-state index in [1.807, 2.05) is 49.3 Å². The molecule has 0 fully saturated rings. The van der Waals surface area contributed by atoms with Gasteiger partial charge in [-0.05, 0) is 30.3 Å². The van der Waals surface area contributed by atoms with Crippen molar-refractivity contribution in [3.63, 3.8) is 0 Å². The normalized spacial score (nSPS) is 9.74. The maximum Gasteiger partial charge on any atom is 0.101 e. The van der Waals surface area contributed by atoms with Crippen molar-refractivity contribution >= 4 is 22.7 Å². The highest BCUT2D eigenvalue weighted by Gasteiger charge is 2.05. The number of rotatable bonds is 3. The minimum absolute atomic E-state index is 0.479. The topological polar surface area (TPSA) is 65.1 Å². The van der Waals surface area contributed by atoms with Crippen LogP contribution in [0.15, 0.2) is 42.5 Å². The molecule has 0 unspecified atom stereocenters. The number of anilines is 4. The average Bonchev–Trinajstić information content (AvgIpc) is 2.41. The highest BCUT2D eigenvalue weighted by Crippen LogP contribution is 2.28. The van der Waals surface area contributed by atoms with E-state index in [1.54, 1.807) is 12.1 Å². The number of nitrogens with two attached hydrogens (primary N) is 1. The molecule has 0 heterocycles. The number of nitrogens with zero attached hydrogens (tertiary/aromatic N) is 2. The van der Waals surface area contributed by atoms with Gasteiger partial charge in [0.15, 0.2) is 0 Å². The summed E-state index contributed by atoms with van der Waals surface area (Å²) in [6.45, 7) is 0. The molecule has 0 aromatic heterocycles. The smallest absolute Gasteiger partial charge is 0.101 e. The molecule has 0 aliphatic carbocycles. The van der Waals surface area contributed by atoms with Gasteiger partial charge in [-0.1, -0.05) is 12.1 Å². The van der Waals surface area contributed by atoms with E-state index in [4.69, 9.17) is 11.0 Å². The van der Waals surface area contributed by atoms with Gasteiger partial charge in [0.25, 0.3) is 0 Å². The fourth-order valence-electron chi connectivity index (χ4n) is 1.86. The first-order valence-corrected chi connectivity index (χ1v) is 5.95. The van der Waals surface area contributed by atoms with Crippen LogP contribution < -0.4 is 16.0 Å². The van der Waals surface area contributed by atoms with E-state index < -0.39 is 0 Å². The number of nitriles is 1. The third kappa shape index (κ3) is 2.78. The zero-order valence-corrected chi connectivity index (χ0v) is 11.0. The van der Waals surface area contributed by atoms with Gasteiger partial charge in [-0.15, -0.1) is 0 Å². The van der Waals surface area contributed by atoms with Crippen molar-refractivity contribution in [1.29, 1.82) is 5.26 Å². The Morgan fingerprint density at radius 3 is 2.58 bits per heavy atom. The zero-order chi connectivity index (χ0) is 13.8. The molecule has 96 valence electrons. The summed E-state index contributed by atoms with van der Waals surface area (Å²) in [7, 11) is 3.98. The Bertz CT molecular complexity index is 626. The molecule has 0 saturated carbocycles. The van der Waals surface area contributed by atoms with E-state index in [1.165, 1.54) is 0 Å². The van der Waals surface area contributed by atoms with Crippen LogP contribution >= 0.6 is 0 Å². The summed E-state index contributed by atoms with van der Waals surface area (Å²) >= 11 is 0. The van der Waals surface area contributed by atoms with E-state index in [0.717, 1.165) is 17.1 Å². The van der Waals surface area contributed by atoms with Crippen LogP contribution in [0.5, 0.6) is 0 Å². The molecule has 4 nitrogen and oxygen atoms in total. The largest absolute Gasteiger partial charge is 0.398 e. The van der Waals surface area contributed by atoms with Crippen LogP contribution in [0.2, 0.25) is 0 Å². The molecule has 19 heavy (non-hydrogen) atoms. The number of para-hydroxylation sites is 2. The molecule has 0 bridgehead atoms. The first-order chi connectivity index (χ1) is 9.11. The van der Waals surface area contributed by atoms with E-state index in [-0.39, 0.29) is 0 Å². The Morgan fingerprint density at radius 1 is 1.16 bits per heavy atom. The van der Waals surface area contributed by atoms with Gasteiger partial charge in [-0.3, -0.25) is 0 Å². The van der Waals surface area contributed by atoms with Gasteiger partial charge in [0, 0.05) is 25.5 Å². The Labute approximate surface area is 113 Å². The van der Waals surface area contributed by atoms with E-state index >= 15 is 0 Å². The molecule has 2 aromatic rings. The van der Waals surface area contributed by atoms with Crippen LogP contribution in [0.25, 0.3) is 0 Å². The minimum Gasteiger partial charge on any atom is -0.398 e. The number of benzene rings is 2. The minimum atomic E-state index is 0.479. The third-order valence-corrected chi connectivity index (χ3v) is 2.84. The summed E-state index contributed by atoms with van der Waals surface area (Å²) in [4.78, 5) is 2.03. The lowest BCUT2D eigenvalue weighted by atomic mass is 10.1. The molecule has 0 atom stereocenters. The molecule has 4 heteroatoms. The predicted molar refractivity (Wildman–Crippen MR) is 79.6 cm³/mol. The lowest BCUT2D eigenvalue weighted by Crippen LogP contribution is -2.10. The second kappa shape index (κ2) is 5.32. The molecule has 2 rings (SSSR count). The molecule has 0 aliphatic heterocycles. The van der Waals surface area contributed by atoms with Crippen molar-refractivity contribution in [1.82, 2.24) is 0 Å². The van der Waals surface area contributed by atoms with Crippen molar-refractivity contribution in [2.24, 2.45) is 0 Å². The first kappa shape index (κ1) is 12.8. The van der Waals surface area contributed by atoms with Crippen molar-refractivity contribution < 1.29 is 0 Å². The van der Waals surface area contributed by atoms with Crippen molar-refractivity contribution in [2.75, 3.05) is 30.0 Å². The summed E-state index contributed by atoms with van der Waals surface area (Å²) in [5.41, 5.74) is 9.60. The van der Waals surface area contributed by atoms with Crippen molar-refractivity contribution in [2.45, 2.75) is 0 Å². The van der Waals surface area contributed by atoms with Gasteiger partial charge in [0.2, 0.25) is 0 Å². The lowest BCUT2D eigenvalue weighted by molar-refractivity contribution is 1.13. The van der Waals surface area contributed by atoms with Crippen LogP contribution in [-0.2, 0) is 0 Å². The molecular weight excluding hydrogens is 236 g/mol. The standard InChI is InChI=1S/C15H16N4/c1-19(2)15-6-4-3-5-14(15)18-12-7-8-13(17)11(9-12)10-16/h3-9,18H,17H2,1-2H3. The second-order valence-electron chi connectivity index (χ2n) is 4.45. The molecule has 0 saturated heterocycles. The predicted octanol–water partition coefficient (Wildman–Crippen LogP) is 2.95. The van der Waals surface area contributed by atoms with E-state index in [0.29, 0.717) is 11.3 Å². The monoisotopic (exact) mass is 252 g/mol. The summed E-state index contributed by atoms with van der Waals surface area (Å²) < 4.78 is 0. The summed E-state index contributed by atoms with van der Waals surface area (Å²) in [5.74, 6) is 0. The molecular formula is C15H16N4. The van der Waals surface area contributed by atoms with Crippen LogP contribution in [0.3, 0.4) is 0 Å². The fourth-order valence-corrected chi connectivity index (χ4v) is 1.86. The average molecular weight is 252 g/mol. The maximum atomic E-state index is 8.99. The number of hydrogen-bond acceptors (Lipinski definition) is 4. The van der Waals surface area contributed by atoms with E-state index in [9.17, 15) is 0 Å². The lowest BCUT2D eigenvalue weighted by Gasteiger charge is -2.18. The Hall–Kier alpha value is -2.67. The number of nitrogen functional groups attached to an aromatic ring is 1. The summed E-state index contributed by atoms with van der Waals surface area (Å²) in [5, 5.41) is 12.3. The molecule has 0 radical (unpaired) electrons. The van der Waals surface area contributed by atoms with Gasteiger partial charge >= 0.3 is 0 Å². The molecule has 0 aliphatic rings. The summed E-state index contributed by atoms with van der Waals surface area (Å²) in [6, 6.07) is 15.4. The Balaban J connectivity index is 2.34. The quantitative estimate of drug-likeness (QED) is 0.824. The summed E-state index contributed by atoms with van der Waals surface area (Å²) in [6.07, 6.45) is 0. The Morgan fingerprint density at radius 2 is 1.89 bits per heavy atom. The number of hydrogen-bond donors (Lipinski definition) is 2. The van der Waals surface area contributed by atoms with Crippen LogP contribution in [0.1, 0.15) is 5.56 Å². The van der Waals surface area contributed by atoms with Gasteiger partial charge in [0.1, 0.15) is 6.07 Å². The maximum absolute atomic E-state index is 8.99. The van der Waals surface area contributed by atoms with Crippen LogP contribution in [-0.4, -0.2) is 14.1 Å². The van der Waals surface area contributed by atoms with Crippen LogP contribution in [0.4, 0.5) is 22.7 Å². The highest BCUT2D eigenvalue weighted by atomic mass is 15.1. The van der Waals surface area contributed by atoms with Gasteiger partial charge in [0.05, 0.1) is 16.9 Å². The zero-order valence-electron chi connectivity index (χ0n) is 11.0. The molecule has 0 spiro atoms. The SMILES string of the molecule is CN(C)c1ccccc1Nc1ccc(N)c(C#N)c1. The second-order valence-corrected chi connectivity index (χ2v) is 4.45. The fraction of sp³-hybridized carbons (Fsp3) is 0.133. The molecule has 2 aromatic carbocycles. The molecule has 0 amide bonds. The first-order valence-electron chi connectivity index (χ1n) is 5.95. The van der Waals surface area contributed by atoms with Gasteiger partial charge < -0.3 is 16.0 Å². The van der Waals surface area contributed by atoms with Gasteiger partial charge in [-0.25, -0.2) is 0 Å². The Kier molecular flexibility index (Phi) is 3.58. The van der Waals surface area contributed by atoms with Crippen LogP contribution in [0, 0.1) is 11.3 Å². The third-order valence-electron chi connectivity index (χ3n) is 2.84. The van der Waals surface area contributed by atoms with Crippen molar-refractivity contribution in [3.8, 4) is 6.07 Å².